The van der Waals surface area contributed by atoms with Gasteiger partial charge in [-0.1, -0.05) is 6.07 Å². The van der Waals surface area contributed by atoms with Crippen LogP contribution in [0.2, 0.25) is 0 Å². The smallest absolute Gasteiger partial charge is 0.241 e. The van der Waals surface area contributed by atoms with E-state index in [4.69, 9.17) is 10.5 Å². The number of rotatable bonds is 5. The van der Waals surface area contributed by atoms with Crippen molar-refractivity contribution in [2.75, 3.05) is 7.11 Å². The Morgan fingerprint density at radius 1 is 1.47 bits per heavy atom. The lowest BCUT2D eigenvalue weighted by Gasteiger charge is -2.34. The Bertz CT molecular complexity index is 556. The number of methoxy groups -OCH3 is 1. The van der Waals surface area contributed by atoms with E-state index >= 15 is 0 Å². The van der Waals surface area contributed by atoms with Crippen molar-refractivity contribution in [3.8, 4) is 0 Å². The molecule has 1 aromatic carbocycles. The molecule has 7 heteroatoms. The second-order valence-corrected chi connectivity index (χ2v) is 7.15. The number of benzene rings is 1. The average molecular weight is 349 g/mol. The van der Waals surface area contributed by atoms with Gasteiger partial charge in [0, 0.05) is 24.2 Å². The van der Waals surface area contributed by atoms with Crippen molar-refractivity contribution < 1.29 is 13.2 Å². The van der Waals surface area contributed by atoms with E-state index in [0.717, 1.165) is 5.56 Å². The van der Waals surface area contributed by atoms with Crippen LogP contribution in [0, 0.1) is 0 Å². The van der Waals surface area contributed by atoms with Crippen LogP contribution in [0.3, 0.4) is 0 Å². The van der Waals surface area contributed by atoms with E-state index in [0.29, 0.717) is 23.9 Å². The molecule has 1 aromatic rings. The van der Waals surface area contributed by atoms with Crippen LogP contribution < -0.4 is 10.5 Å². The fraction of sp³-hybridized carbons (Fsp3) is 0.500. The Hall–Kier alpha value is -0.470. The Kier molecular flexibility index (Phi) is 4.62. The molecule has 0 saturated heterocycles. The molecule has 0 atom stereocenters. The summed E-state index contributed by atoms with van der Waals surface area (Å²) in [5.74, 6) is 0. The van der Waals surface area contributed by atoms with Crippen molar-refractivity contribution in [1.29, 1.82) is 0 Å². The van der Waals surface area contributed by atoms with Crippen molar-refractivity contribution in [3.05, 3.63) is 28.2 Å². The number of hydrogen-bond donors (Lipinski definition) is 2. The van der Waals surface area contributed by atoms with E-state index in [1.165, 1.54) is 0 Å². The van der Waals surface area contributed by atoms with Crippen molar-refractivity contribution in [3.63, 3.8) is 0 Å². The summed E-state index contributed by atoms with van der Waals surface area (Å²) in [6.45, 7) is 0.379. The fourth-order valence-electron chi connectivity index (χ4n) is 2.03. The molecule has 1 saturated carbocycles. The SMILES string of the molecule is COC1CC(NS(=O)(=O)c2ccc(CN)cc2Br)C1. The Morgan fingerprint density at radius 3 is 2.68 bits per heavy atom. The predicted molar refractivity (Wildman–Crippen MR) is 76.2 cm³/mol. The fourth-order valence-corrected chi connectivity index (χ4v) is 4.41. The summed E-state index contributed by atoms with van der Waals surface area (Å²) >= 11 is 3.28. The Morgan fingerprint density at radius 2 is 2.16 bits per heavy atom. The summed E-state index contributed by atoms with van der Waals surface area (Å²) in [6.07, 6.45) is 1.60. The number of ether oxygens (including phenoxy) is 1. The third-order valence-corrected chi connectivity index (χ3v) is 5.77. The van der Waals surface area contributed by atoms with Gasteiger partial charge in [0.25, 0.3) is 0 Å². The van der Waals surface area contributed by atoms with E-state index < -0.39 is 10.0 Å². The van der Waals surface area contributed by atoms with Gasteiger partial charge < -0.3 is 10.5 Å². The quantitative estimate of drug-likeness (QED) is 0.841. The van der Waals surface area contributed by atoms with Gasteiger partial charge in [0.05, 0.1) is 11.0 Å². The molecule has 0 radical (unpaired) electrons. The van der Waals surface area contributed by atoms with Gasteiger partial charge in [0.1, 0.15) is 0 Å². The van der Waals surface area contributed by atoms with Crippen LogP contribution in [-0.4, -0.2) is 27.7 Å². The molecule has 2 rings (SSSR count). The number of halogens is 1. The van der Waals surface area contributed by atoms with Gasteiger partial charge in [-0.05, 0) is 46.5 Å². The molecule has 0 bridgehead atoms. The Labute approximate surface area is 121 Å². The van der Waals surface area contributed by atoms with Gasteiger partial charge in [-0.2, -0.15) is 0 Å². The highest BCUT2D eigenvalue weighted by Crippen LogP contribution is 2.27. The normalized spacial score (nSPS) is 23.1. The van der Waals surface area contributed by atoms with Crippen LogP contribution in [-0.2, 0) is 21.3 Å². The molecule has 0 heterocycles. The van der Waals surface area contributed by atoms with Crippen LogP contribution in [0.25, 0.3) is 0 Å². The van der Waals surface area contributed by atoms with Crippen LogP contribution >= 0.6 is 15.9 Å². The van der Waals surface area contributed by atoms with E-state index in [9.17, 15) is 8.42 Å². The van der Waals surface area contributed by atoms with Crippen LogP contribution in [0.15, 0.2) is 27.6 Å². The van der Waals surface area contributed by atoms with Crippen molar-refractivity contribution in [1.82, 2.24) is 4.72 Å². The van der Waals surface area contributed by atoms with E-state index in [-0.39, 0.29) is 17.0 Å². The predicted octanol–water partition coefficient (Wildman–Crippen LogP) is 1.36. The highest BCUT2D eigenvalue weighted by atomic mass is 79.9. The van der Waals surface area contributed by atoms with E-state index in [2.05, 4.69) is 20.7 Å². The van der Waals surface area contributed by atoms with E-state index in [1.807, 2.05) is 0 Å². The zero-order valence-electron chi connectivity index (χ0n) is 10.6. The summed E-state index contributed by atoms with van der Waals surface area (Å²) in [7, 11) is -1.86. The standard InChI is InChI=1S/C12H17BrN2O3S/c1-18-10-5-9(6-10)15-19(16,17)12-3-2-8(7-14)4-11(12)13/h2-4,9-10,15H,5-7,14H2,1H3. The van der Waals surface area contributed by atoms with Gasteiger partial charge in [0.2, 0.25) is 10.0 Å². The summed E-state index contributed by atoms with van der Waals surface area (Å²) in [6, 6.07) is 4.97. The third-order valence-electron chi connectivity index (χ3n) is 3.27. The van der Waals surface area contributed by atoms with Crippen molar-refractivity contribution >= 4 is 26.0 Å². The average Bonchev–Trinajstić information content (AvgIpc) is 2.32. The van der Waals surface area contributed by atoms with Crippen molar-refractivity contribution in [2.45, 2.75) is 36.4 Å². The zero-order chi connectivity index (χ0) is 14.0. The Balaban J connectivity index is 2.12. The molecule has 0 spiro atoms. The van der Waals surface area contributed by atoms with E-state index in [1.54, 1.807) is 25.3 Å². The minimum Gasteiger partial charge on any atom is -0.381 e. The van der Waals surface area contributed by atoms with Crippen LogP contribution in [0.5, 0.6) is 0 Å². The minimum absolute atomic E-state index is 0.0453. The summed E-state index contributed by atoms with van der Waals surface area (Å²) in [5, 5.41) is 0. The molecule has 0 amide bonds. The zero-order valence-corrected chi connectivity index (χ0v) is 13.0. The topological polar surface area (TPSA) is 81.4 Å². The largest absolute Gasteiger partial charge is 0.381 e. The molecular formula is C12H17BrN2O3S. The molecule has 3 N–H and O–H groups in total. The van der Waals surface area contributed by atoms with Gasteiger partial charge >= 0.3 is 0 Å². The van der Waals surface area contributed by atoms with Gasteiger partial charge in [0.15, 0.2) is 0 Å². The summed E-state index contributed by atoms with van der Waals surface area (Å²) < 4.78 is 32.8. The summed E-state index contributed by atoms with van der Waals surface area (Å²) in [5.41, 5.74) is 6.40. The lowest BCUT2D eigenvalue weighted by molar-refractivity contribution is 0.0236. The van der Waals surface area contributed by atoms with Gasteiger partial charge in [-0.3, -0.25) is 0 Å². The third kappa shape index (κ3) is 3.35. The number of hydrogen-bond acceptors (Lipinski definition) is 4. The maximum Gasteiger partial charge on any atom is 0.241 e. The molecule has 0 aromatic heterocycles. The highest BCUT2D eigenvalue weighted by molar-refractivity contribution is 9.10. The first-order chi connectivity index (χ1) is 8.96. The molecule has 1 aliphatic carbocycles. The lowest BCUT2D eigenvalue weighted by atomic mass is 9.90. The molecule has 106 valence electrons. The first-order valence-electron chi connectivity index (χ1n) is 6.00. The molecular weight excluding hydrogens is 332 g/mol. The van der Waals surface area contributed by atoms with Gasteiger partial charge in [-0.25, -0.2) is 13.1 Å². The maximum absolute atomic E-state index is 12.2. The van der Waals surface area contributed by atoms with Crippen LogP contribution in [0.1, 0.15) is 18.4 Å². The monoisotopic (exact) mass is 348 g/mol. The molecule has 5 nitrogen and oxygen atoms in total. The highest BCUT2D eigenvalue weighted by Gasteiger charge is 2.33. The van der Waals surface area contributed by atoms with Crippen molar-refractivity contribution in [2.24, 2.45) is 5.73 Å². The lowest BCUT2D eigenvalue weighted by Crippen LogP contribution is -2.47. The van der Waals surface area contributed by atoms with Crippen LogP contribution in [0.4, 0.5) is 0 Å². The number of nitrogens with two attached hydrogens (primary N) is 1. The number of sulfonamides is 1. The second kappa shape index (κ2) is 5.88. The molecule has 19 heavy (non-hydrogen) atoms. The maximum atomic E-state index is 12.2. The molecule has 1 fully saturated rings. The molecule has 0 unspecified atom stereocenters. The molecule has 0 aliphatic heterocycles. The number of nitrogens with one attached hydrogen (secondary N) is 1. The molecule has 1 aliphatic rings. The first kappa shape index (κ1) is 14.9. The minimum atomic E-state index is -3.50. The first-order valence-corrected chi connectivity index (χ1v) is 8.27. The van der Waals surface area contributed by atoms with Gasteiger partial charge in [-0.15, -0.1) is 0 Å². The second-order valence-electron chi connectivity index (χ2n) is 4.62. The summed E-state index contributed by atoms with van der Waals surface area (Å²) in [4.78, 5) is 0.241.